The third kappa shape index (κ3) is 3.20. The highest BCUT2D eigenvalue weighted by Gasteiger charge is 2.17. The molecule has 3 aromatic rings. The fourth-order valence-electron chi connectivity index (χ4n) is 3.54. The molecule has 1 aliphatic rings. The quantitative estimate of drug-likeness (QED) is 0.736. The molecular formula is C20H22N2O3. The maximum atomic E-state index is 12.3. The standard InChI is InChI=1S/C20H22N2O3/c1-24-19-11-15-14-6-2-3-7-17(14)25-18(15)12-16(19)22-20(23)9-8-13-5-4-10-21-13/h2-3,6-7,11-13,21H,4-5,8-10H2,1H3,(H,22,23). The number of hydrogen-bond donors (Lipinski definition) is 2. The molecule has 1 amide bonds. The van der Waals surface area contributed by atoms with Crippen molar-refractivity contribution in [3.8, 4) is 5.75 Å². The van der Waals surface area contributed by atoms with Crippen molar-refractivity contribution in [1.82, 2.24) is 5.32 Å². The second-order valence-corrected chi connectivity index (χ2v) is 6.53. The van der Waals surface area contributed by atoms with Gasteiger partial charge in [0.1, 0.15) is 16.9 Å². The number of nitrogens with one attached hydrogen (secondary N) is 2. The summed E-state index contributed by atoms with van der Waals surface area (Å²) in [6.45, 7) is 1.06. The Morgan fingerprint density at radius 3 is 2.96 bits per heavy atom. The van der Waals surface area contributed by atoms with Gasteiger partial charge < -0.3 is 19.8 Å². The molecule has 0 aliphatic carbocycles. The van der Waals surface area contributed by atoms with Crippen molar-refractivity contribution in [2.24, 2.45) is 0 Å². The van der Waals surface area contributed by atoms with Crippen LogP contribution in [0.2, 0.25) is 0 Å². The van der Waals surface area contributed by atoms with Crippen LogP contribution in [0.25, 0.3) is 21.9 Å². The van der Waals surface area contributed by atoms with Crippen molar-refractivity contribution in [3.05, 3.63) is 36.4 Å². The summed E-state index contributed by atoms with van der Waals surface area (Å²) in [5, 5.41) is 8.42. The number of rotatable bonds is 5. The van der Waals surface area contributed by atoms with Crippen molar-refractivity contribution in [3.63, 3.8) is 0 Å². The van der Waals surface area contributed by atoms with Crippen molar-refractivity contribution in [1.29, 1.82) is 0 Å². The van der Waals surface area contributed by atoms with Crippen LogP contribution in [0.3, 0.4) is 0 Å². The first kappa shape index (κ1) is 16.0. The third-order valence-corrected chi connectivity index (χ3v) is 4.86. The van der Waals surface area contributed by atoms with E-state index >= 15 is 0 Å². The fourth-order valence-corrected chi connectivity index (χ4v) is 3.54. The predicted octanol–water partition coefficient (Wildman–Crippen LogP) is 4.07. The highest BCUT2D eigenvalue weighted by Crippen LogP contribution is 2.36. The van der Waals surface area contributed by atoms with E-state index in [1.165, 1.54) is 6.42 Å². The van der Waals surface area contributed by atoms with E-state index < -0.39 is 0 Å². The summed E-state index contributed by atoms with van der Waals surface area (Å²) in [6, 6.07) is 12.1. The summed E-state index contributed by atoms with van der Waals surface area (Å²) in [5.74, 6) is 0.647. The van der Waals surface area contributed by atoms with Gasteiger partial charge in [-0.1, -0.05) is 18.2 Å². The highest BCUT2D eigenvalue weighted by molar-refractivity contribution is 6.07. The topological polar surface area (TPSA) is 63.5 Å². The average molecular weight is 338 g/mol. The SMILES string of the molecule is COc1cc2c(cc1NC(=O)CCC1CCCN1)oc1ccccc12. The van der Waals surface area contributed by atoms with Crippen LogP contribution in [-0.4, -0.2) is 25.6 Å². The molecule has 1 unspecified atom stereocenters. The van der Waals surface area contributed by atoms with Crippen LogP contribution in [0.4, 0.5) is 5.69 Å². The van der Waals surface area contributed by atoms with Gasteiger partial charge in [-0.25, -0.2) is 0 Å². The molecule has 5 nitrogen and oxygen atoms in total. The van der Waals surface area contributed by atoms with E-state index in [-0.39, 0.29) is 5.91 Å². The molecule has 5 heteroatoms. The Bertz CT molecular complexity index is 910. The minimum atomic E-state index is 0.00228. The minimum absolute atomic E-state index is 0.00228. The number of ether oxygens (including phenoxy) is 1. The van der Waals surface area contributed by atoms with E-state index in [2.05, 4.69) is 10.6 Å². The highest BCUT2D eigenvalue weighted by atomic mass is 16.5. The zero-order valence-electron chi connectivity index (χ0n) is 14.3. The molecule has 25 heavy (non-hydrogen) atoms. The van der Waals surface area contributed by atoms with Gasteiger partial charge in [-0.05, 0) is 37.9 Å². The number of anilines is 1. The molecule has 1 atom stereocenters. The molecule has 4 rings (SSSR count). The molecule has 0 spiro atoms. The van der Waals surface area contributed by atoms with E-state index in [9.17, 15) is 4.79 Å². The van der Waals surface area contributed by atoms with Crippen molar-refractivity contribution < 1.29 is 13.9 Å². The van der Waals surface area contributed by atoms with E-state index in [1.54, 1.807) is 7.11 Å². The predicted molar refractivity (Wildman–Crippen MR) is 99.2 cm³/mol. The fraction of sp³-hybridized carbons (Fsp3) is 0.350. The van der Waals surface area contributed by atoms with Gasteiger partial charge in [0.05, 0.1) is 12.8 Å². The molecule has 0 radical (unpaired) electrons. The van der Waals surface area contributed by atoms with Gasteiger partial charge in [0.2, 0.25) is 5.91 Å². The van der Waals surface area contributed by atoms with E-state index in [0.29, 0.717) is 23.9 Å². The van der Waals surface area contributed by atoms with Gasteiger partial charge in [0.25, 0.3) is 0 Å². The number of hydrogen-bond acceptors (Lipinski definition) is 4. The van der Waals surface area contributed by atoms with Crippen LogP contribution < -0.4 is 15.4 Å². The third-order valence-electron chi connectivity index (χ3n) is 4.86. The first-order chi connectivity index (χ1) is 12.2. The maximum Gasteiger partial charge on any atom is 0.224 e. The van der Waals surface area contributed by atoms with Crippen LogP contribution in [0.15, 0.2) is 40.8 Å². The number of furan rings is 1. The molecule has 1 aliphatic heterocycles. The minimum Gasteiger partial charge on any atom is -0.495 e. The monoisotopic (exact) mass is 338 g/mol. The second-order valence-electron chi connectivity index (χ2n) is 6.53. The first-order valence-electron chi connectivity index (χ1n) is 8.77. The van der Waals surface area contributed by atoms with Gasteiger partial charge in [0.15, 0.2) is 0 Å². The normalized spacial score (nSPS) is 17.2. The number of para-hydroxylation sites is 1. The summed E-state index contributed by atoms with van der Waals surface area (Å²) in [4.78, 5) is 12.3. The molecule has 2 heterocycles. The largest absolute Gasteiger partial charge is 0.495 e. The van der Waals surface area contributed by atoms with Crippen LogP contribution in [-0.2, 0) is 4.79 Å². The molecule has 130 valence electrons. The van der Waals surface area contributed by atoms with Crippen LogP contribution in [0.1, 0.15) is 25.7 Å². The lowest BCUT2D eigenvalue weighted by Gasteiger charge is -2.12. The summed E-state index contributed by atoms with van der Waals surface area (Å²) >= 11 is 0. The van der Waals surface area contributed by atoms with Gasteiger partial charge in [-0.3, -0.25) is 4.79 Å². The molecule has 2 aromatic carbocycles. The Hall–Kier alpha value is -2.53. The number of amides is 1. The second kappa shape index (κ2) is 6.76. The number of benzene rings is 2. The smallest absolute Gasteiger partial charge is 0.224 e. The lowest BCUT2D eigenvalue weighted by atomic mass is 10.1. The average Bonchev–Trinajstić information content (AvgIpc) is 3.26. The molecule has 1 fully saturated rings. The number of fused-ring (bicyclic) bond motifs is 3. The first-order valence-corrected chi connectivity index (χ1v) is 8.77. The zero-order chi connectivity index (χ0) is 17.2. The summed E-state index contributed by atoms with van der Waals surface area (Å²) < 4.78 is 11.4. The van der Waals surface area contributed by atoms with E-state index in [4.69, 9.17) is 9.15 Å². The number of methoxy groups -OCH3 is 1. The van der Waals surface area contributed by atoms with Gasteiger partial charge in [-0.15, -0.1) is 0 Å². The summed E-state index contributed by atoms with van der Waals surface area (Å²) in [5.41, 5.74) is 2.23. The summed E-state index contributed by atoms with van der Waals surface area (Å²) in [6.07, 6.45) is 3.71. The molecule has 0 bridgehead atoms. The van der Waals surface area contributed by atoms with Crippen molar-refractivity contribution in [2.45, 2.75) is 31.7 Å². The number of carbonyl (C=O) groups excluding carboxylic acids is 1. The Kier molecular flexibility index (Phi) is 4.32. The molecular weight excluding hydrogens is 316 g/mol. The lowest BCUT2D eigenvalue weighted by molar-refractivity contribution is -0.116. The molecule has 1 saturated heterocycles. The molecule has 2 N–H and O–H groups in total. The number of carbonyl (C=O) groups is 1. The Morgan fingerprint density at radius 1 is 1.28 bits per heavy atom. The van der Waals surface area contributed by atoms with E-state index in [0.717, 1.165) is 41.3 Å². The van der Waals surface area contributed by atoms with E-state index in [1.807, 2.05) is 36.4 Å². The molecule has 1 aromatic heterocycles. The van der Waals surface area contributed by atoms with Crippen molar-refractivity contribution in [2.75, 3.05) is 19.0 Å². The Morgan fingerprint density at radius 2 is 2.16 bits per heavy atom. The van der Waals surface area contributed by atoms with Gasteiger partial charge in [-0.2, -0.15) is 0 Å². The summed E-state index contributed by atoms with van der Waals surface area (Å²) in [7, 11) is 1.61. The zero-order valence-corrected chi connectivity index (χ0v) is 14.3. The van der Waals surface area contributed by atoms with Crippen LogP contribution in [0, 0.1) is 0 Å². The maximum absolute atomic E-state index is 12.3. The van der Waals surface area contributed by atoms with Gasteiger partial charge >= 0.3 is 0 Å². The van der Waals surface area contributed by atoms with Gasteiger partial charge in [0, 0.05) is 29.3 Å². The Balaban J connectivity index is 1.57. The van der Waals surface area contributed by atoms with Crippen LogP contribution in [0.5, 0.6) is 5.75 Å². The van der Waals surface area contributed by atoms with Crippen molar-refractivity contribution >= 4 is 33.5 Å². The van der Waals surface area contributed by atoms with Crippen LogP contribution >= 0.6 is 0 Å². The molecule has 0 saturated carbocycles. The Labute approximate surface area is 146 Å². The lowest BCUT2D eigenvalue weighted by Crippen LogP contribution is -2.23.